The Hall–Kier alpha value is -3.72. The molecule has 1 saturated carbocycles. The van der Waals surface area contributed by atoms with Crippen molar-refractivity contribution < 1.29 is 4.79 Å². The molecule has 0 atom stereocenters. The monoisotopic (exact) mass is 485 g/mol. The van der Waals surface area contributed by atoms with Crippen LogP contribution in [0.25, 0.3) is 16.4 Å². The molecule has 1 aliphatic heterocycles. The molecular weight excluding hydrogens is 454 g/mol. The van der Waals surface area contributed by atoms with Crippen LogP contribution in [-0.2, 0) is 0 Å². The second-order valence-electron chi connectivity index (χ2n) is 10.1. The topological polar surface area (TPSA) is 98.6 Å². The van der Waals surface area contributed by atoms with Crippen molar-refractivity contribution in [3.05, 3.63) is 70.5 Å². The largest absolute Gasteiger partial charge is 0.369 e. The number of hydrogen-bond acceptors (Lipinski definition) is 6. The van der Waals surface area contributed by atoms with Gasteiger partial charge in [-0.05, 0) is 44.9 Å². The smallest absolute Gasteiger partial charge is 0.272 e. The zero-order chi connectivity index (χ0) is 24.6. The van der Waals surface area contributed by atoms with Crippen LogP contribution < -0.4 is 15.8 Å². The van der Waals surface area contributed by atoms with Crippen LogP contribution in [0.5, 0.6) is 0 Å². The quantitative estimate of drug-likeness (QED) is 0.461. The van der Waals surface area contributed by atoms with Crippen LogP contribution in [0.15, 0.2) is 53.6 Å². The van der Waals surface area contributed by atoms with Gasteiger partial charge in [0, 0.05) is 61.5 Å². The Balaban J connectivity index is 1.12. The number of aromatic amines is 1. The Kier molecular flexibility index (Phi) is 5.92. The standard InChI is InChI=1S/C27H31N7O2/c1-32-12-14-33(15-13-32)20-10-11-34-23(17-28-24(34)16-20)27(36)29-19-8-6-18(7-9-19)25-21-4-2-3-5-22(21)26(35)31-30-25/h2-5,10-11,16-19H,6-9,12-15H2,1H3,(H,29,36)(H,31,35)/t18-,19-. The molecule has 0 radical (unpaired) electrons. The number of piperazine rings is 1. The maximum atomic E-state index is 13.1. The van der Waals surface area contributed by atoms with E-state index in [9.17, 15) is 9.59 Å². The number of rotatable bonds is 4. The van der Waals surface area contributed by atoms with Crippen LogP contribution in [0.3, 0.4) is 0 Å². The molecule has 3 aromatic heterocycles. The summed E-state index contributed by atoms with van der Waals surface area (Å²) >= 11 is 0. The predicted molar refractivity (Wildman–Crippen MR) is 140 cm³/mol. The zero-order valence-electron chi connectivity index (χ0n) is 20.5. The summed E-state index contributed by atoms with van der Waals surface area (Å²) in [5, 5.41) is 11.9. The van der Waals surface area contributed by atoms with Crippen molar-refractivity contribution in [1.29, 1.82) is 0 Å². The zero-order valence-corrected chi connectivity index (χ0v) is 20.5. The normalized spacial score (nSPS) is 21.2. The molecule has 4 heterocycles. The first-order valence-electron chi connectivity index (χ1n) is 12.8. The summed E-state index contributed by atoms with van der Waals surface area (Å²) in [5.74, 6) is 0.176. The third-order valence-electron chi connectivity index (χ3n) is 7.77. The van der Waals surface area contributed by atoms with E-state index in [2.05, 4.69) is 49.5 Å². The minimum atomic E-state index is -0.154. The number of nitrogens with one attached hydrogen (secondary N) is 2. The van der Waals surface area contributed by atoms with Gasteiger partial charge in [0.1, 0.15) is 11.3 Å². The summed E-state index contributed by atoms with van der Waals surface area (Å²) in [4.78, 5) is 34.5. The number of H-pyrrole nitrogens is 1. The van der Waals surface area contributed by atoms with Crippen LogP contribution in [-0.4, -0.2) is 69.7 Å². The highest BCUT2D eigenvalue weighted by Crippen LogP contribution is 2.34. The maximum Gasteiger partial charge on any atom is 0.272 e. The van der Waals surface area contributed by atoms with Gasteiger partial charge in [0.25, 0.3) is 11.5 Å². The number of pyridine rings is 1. The molecule has 0 bridgehead atoms. The van der Waals surface area contributed by atoms with Crippen molar-refractivity contribution in [2.24, 2.45) is 0 Å². The first-order chi connectivity index (χ1) is 17.6. The van der Waals surface area contributed by atoms with E-state index in [1.807, 2.05) is 34.9 Å². The lowest BCUT2D eigenvalue weighted by molar-refractivity contribution is 0.0919. The Bertz CT molecular complexity index is 1460. The van der Waals surface area contributed by atoms with Crippen molar-refractivity contribution in [1.82, 2.24) is 29.8 Å². The molecule has 4 aromatic rings. The van der Waals surface area contributed by atoms with E-state index in [0.717, 1.165) is 74.3 Å². The number of fused-ring (bicyclic) bond motifs is 2. The maximum absolute atomic E-state index is 13.1. The lowest BCUT2D eigenvalue weighted by Gasteiger charge is -2.34. The molecular formula is C27H31N7O2. The first kappa shape index (κ1) is 22.7. The molecule has 1 aromatic carbocycles. The third-order valence-corrected chi connectivity index (χ3v) is 7.77. The predicted octanol–water partition coefficient (Wildman–Crippen LogP) is 2.78. The van der Waals surface area contributed by atoms with Gasteiger partial charge in [0.15, 0.2) is 0 Å². The van der Waals surface area contributed by atoms with E-state index in [-0.39, 0.29) is 23.4 Å². The number of likely N-dealkylation sites (N-methyl/N-ethyl adjacent to an activating group) is 1. The van der Waals surface area contributed by atoms with Crippen LogP contribution in [0.2, 0.25) is 0 Å². The molecule has 2 fully saturated rings. The second kappa shape index (κ2) is 9.39. The van der Waals surface area contributed by atoms with Gasteiger partial charge in [-0.1, -0.05) is 18.2 Å². The number of carbonyl (C=O) groups excluding carboxylic acids is 1. The SMILES string of the molecule is CN1CCN(c2ccn3c(C(=O)N[C@H]4CC[C@H](c5n[nH]c(=O)c6ccccc65)CC4)cnc3c2)CC1. The second-order valence-corrected chi connectivity index (χ2v) is 10.1. The highest BCUT2D eigenvalue weighted by molar-refractivity contribution is 5.93. The highest BCUT2D eigenvalue weighted by atomic mass is 16.2. The Labute approximate surface area is 209 Å². The van der Waals surface area contributed by atoms with Crippen LogP contribution in [0, 0.1) is 0 Å². The number of aromatic nitrogens is 4. The Morgan fingerprint density at radius 2 is 1.78 bits per heavy atom. The summed E-state index contributed by atoms with van der Waals surface area (Å²) < 4.78 is 1.87. The van der Waals surface area contributed by atoms with E-state index in [1.54, 1.807) is 6.20 Å². The molecule has 9 heteroatoms. The summed E-state index contributed by atoms with van der Waals surface area (Å²) in [6.07, 6.45) is 7.19. The molecule has 2 N–H and O–H groups in total. The molecule has 186 valence electrons. The van der Waals surface area contributed by atoms with Gasteiger partial charge in [-0.2, -0.15) is 5.10 Å². The van der Waals surface area contributed by atoms with Crippen molar-refractivity contribution in [2.75, 3.05) is 38.1 Å². The lowest BCUT2D eigenvalue weighted by Crippen LogP contribution is -2.44. The number of carbonyl (C=O) groups is 1. The minimum Gasteiger partial charge on any atom is -0.369 e. The van der Waals surface area contributed by atoms with E-state index in [4.69, 9.17) is 0 Å². The van der Waals surface area contributed by atoms with Gasteiger partial charge >= 0.3 is 0 Å². The number of amides is 1. The molecule has 0 unspecified atom stereocenters. The van der Waals surface area contributed by atoms with Crippen LogP contribution in [0.4, 0.5) is 5.69 Å². The number of hydrogen-bond donors (Lipinski definition) is 2. The third kappa shape index (κ3) is 4.24. The summed E-state index contributed by atoms with van der Waals surface area (Å²) in [6.45, 7) is 4.08. The summed E-state index contributed by atoms with van der Waals surface area (Å²) in [7, 11) is 2.15. The molecule has 36 heavy (non-hydrogen) atoms. The van der Waals surface area contributed by atoms with Gasteiger partial charge < -0.3 is 15.1 Å². The lowest BCUT2D eigenvalue weighted by atomic mass is 9.82. The Morgan fingerprint density at radius 3 is 2.56 bits per heavy atom. The average Bonchev–Trinajstić information content (AvgIpc) is 3.34. The molecule has 6 rings (SSSR count). The van der Waals surface area contributed by atoms with E-state index >= 15 is 0 Å². The van der Waals surface area contributed by atoms with E-state index in [1.165, 1.54) is 0 Å². The van der Waals surface area contributed by atoms with Crippen LogP contribution in [0.1, 0.15) is 47.8 Å². The fourth-order valence-electron chi connectivity index (χ4n) is 5.62. The number of imidazole rings is 1. The van der Waals surface area contributed by atoms with Crippen LogP contribution >= 0.6 is 0 Å². The fourth-order valence-corrected chi connectivity index (χ4v) is 5.62. The molecule has 1 amide bonds. The molecule has 1 aliphatic carbocycles. The molecule has 0 spiro atoms. The Morgan fingerprint density at radius 1 is 1.03 bits per heavy atom. The molecule has 9 nitrogen and oxygen atoms in total. The van der Waals surface area contributed by atoms with Crippen molar-refractivity contribution in [3.63, 3.8) is 0 Å². The van der Waals surface area contributed by atoms with Gasteiger partial charge in [-0.25, -0.2) is 10.1 Å². The molecule has 2 aliphatic rings. The van der Waals surface area contributed by atoms with Gasteiger partial charge in [-0.3, -0.25) is 14.0 Å². The van der Waals surface area contributed by atoms with Crippen molar-refractivity contribution >= 4 is 28.0 Å². The summed E-state index contributed by atoms with van der Waals surface area (Å²) in [6, 6.07) is 11.9. The minimum absolute atomic E-state index is 0.0917. The van der Waals surface area contributed by atoms with Gasteiger partial charge in [-0.15, -0.1) is 0 Å². The number of benzene rings is 1. The van der Waals surface area contributed by atoms with Gasteiger partial charge in [0.2, 0.25) is 0 Å². The van der Waals surface area contributed by atoms with Gasteiger partial charge in [0.05, 0.1) is 17.3 Å². The highest BCUT2D eigenvalue weighted by Gasteiger charge is 2.27. The van der Waals surface area contributed by atoms with E-state index < -0.39 is 0 Å². The average molecular weight is 486 g/mol. The number of nitrogens with zero attached hydrogens (tertiary/aromatic N) is 5. The van der Waals surface area contributed by atoms with Crippen molar-refractivity contribution in [2.45, 2.75) is 37.6 Å². The first-order valence-corrected chi connectivity index (χ1v) is 12.8. The number of anilines is 1. The van der Waals surface area contributed by atoms with Crippen molar-refractivity contribution in [3.8, 4) is 0 Å². The fraction of sp³-hybridized carbons (Fsp3) is 0.407. The summed E-state index contributed by atoms with van der Waals surface area (Å²) in [5.41, 5.74) is 3.29. The van der Waals surface area contributed by atoms with E-state index in [0.29, 0.717) is 11.1 Å². The molecule has 1 saturated heterocycles.